The molecule has 1 aliphatic carbocycles. The number of imide groups is 1. The summed E-state index contributed by atoms with van der Waals surface area (Å²) < 4.78 is 3.85. The van der Waals surface area contributed by atoms with Crippen molar-refractivity contribution in [3.63, 3.8) is 0 Å². The maximum Gasteiger partial charge on any atom is 0.261 e. The van der Waals surface area contributed by atoms with Gasteiger partial charge >= 0.3 is 0 Å². The molecule has 0 radical (unpaired) electrons. The Labute approximate surface area is 183 Å². The first kappa shape index (κ1) is 19.6. The van der Waals surface area contributed by atoms with Gasteiger partial charge in [-0.05, 0) is 60.3 Å². The summed E-state index contributed by atoms with van der Waals surface area (Å²) in [4.78, 5) is 40.9. The van der Waals surface area contributed by atoms with Gasteiger partial charge in [-0.2, -0.15) is 0 Å². The van der Waals surface area contributed by atoms with Crippen LogP contribution in [0.4, 0.5) is 5.69 Å². The van der Waals surface area contributed by atoms with E-state index in [2.05, 4.69) is 14.9 Å². The predicted octanol–water partition coefficient (Wildman–Crippen LogP) is 4.39. The lowest BCUT2D eigenvalue weighted by Gasteiger charge is -2.29. The molecular weight excluding hydrogens is 412 g/mol. The third-order valence-corrected chi connectivity index (χ3v) is 6.62. The van der Waals surface area contributed by atoms with Gasteiger partial charge < -0.3 is 5.32 Å². The molecule has 1 aromatic heterocycles. The number of nitrogens with one attached hydrogen (secondary N) is 1. The van der Waals surface area contributed by atoms with Gasteiger partial charge in [0.1, 0.15) is 0 Å². The number of benzene rings is 2. The van der Waals surface area contributed by atoms with Crippen molar-refractivity contribution < 1.29 is 14.4 Å². The fourth-order valence-electron chi connectivity index (χ4n) is 4.29. The maximum atomic E-state index is 13.0. The number of carbonyl (C=O) groups is 3. The standard InChI is InChI=1S/C23H20N4O3S/c28-21(25-16-9-6-14(7-10-16)20-13-24-26-31-20)15-8-11-18-19(12-15)23(30)27(22(18)29)17-4-2-1-3-5-17/h6-13,17H,1-5H2,(H,25,28). The second-order valence-electron chi connectivity index (χ2n) is 7.85. The van der Waals surface area contributed by atoms with Gasteiger partial charge in [0.25, 0.3) is 17.7 Å². The molecular formula is C23H20N4O3S. The summed E-state index contributed by atoms with van der Waals surface area (Å²) in [6, 6.07) is 12.1. The van der Waals surface area contributed by atoms with Crippen molar-refractivity contribution >= 4 is 34.9 Å². The summed E-state index contributed by atoms with van der Waals surface area (Å²) in [6.45, 7) is 0. The highest BCUT2D eigenvalue weighted by molar-refractivity contribution is 7.09. The molecule has 7 nitrogen and oxygen atoms in total. The Bertz CT molecular complexity index is 1150. The van der Waals surface area contributed by atoms with E-state index in [1.807, 2.05) is 12.1 Å². The third kappa shape index (κ3) is 3.63. The first-order valence-corrected chi connectivity index (χ1v) is 11.1. The highest BCUT2D eigenvalue weighted by Crippen LogP contribution is 2.31. The Kier molecular flexibility index (Phi) is 5.07. The van der Waals surface area contributed by atoms with E-state index in [0.717, 1.165) is 42.5 Å². The van der Waals surface area contributed by atoms with E-state index in [1.54, 1.807) is 30.5 Å². The van der Waals surface area contributed by atoms with Gasteiger partial charge in [0.2, 0.25) is 0 Å². The number of rotatable bonds is 4. The zero-order valence-electron chi connectivity index (χ0n) is 16.7. The van der Waals surface area contributed by atoms with E-state index in [0.29, 0.717) is 22.4 Å². The topological polar surface area (TPSA) is 92.3 Å². The smallest absolute Gasteiger partial charge is 0.261 e. The predicted molar refractivity (Wildman–Crippen MR) is 117 cm³/mol. The van der Waals surface area contributed by atoms with E-state index in [4.69, 9.17) is 0 Å². The second-order valence-corrected chi connectivity index (χ2v) is 8.63. The van der Waals surface area contributed by atoms with Crippen LogP contribution in [0.1, 0.15) is 63.2 Å². The average molecular weight is 433 g/mol. The Balaban J connectivity index is 1.33. The van der Waals surface area contributed by atoms with Gasteiger partial charge in [0.15, 0.2) is 0 Å². The number of aromatic nitrogens is 2. The molecule has 5 rings (SSSR count). The number of amides is 3. The Hall–Kier alpha value is -3.39. The molecule has 0 unspecified atom stereocenters. The number of anilines is 1. The molecule has 0 atom stereocenters. The van der Waals surface area contributed by atoms with Crippen molar-refractivity contribution in [3.8, 4) is 10.4 Å². The second kappa shape index (κ2) is 8.03. The first-order valence-electron chi connectivity index (χ1n) is 10.3. The molecule has 31 heavy (non-hydrogen) atoms. The number of fused-ring (bicyclic) bond motifs is 1. The van der Waals surface area contributed by atoms with Gasteiger partial charge in [0.05, 0.1) is 22.2 Å². The molecule has 1 fully saturated rings. The molecule has 1 aliphatic heterocycles. The van der Waals surface area contributed by atoms with E-state index in [-0.39, 0.29) is 23.8 Å². The summed E-state index contributed by atoms with van der Waals surface area (Å²) >= 11 is 1.30. The molecule has 8 heteroatoms. The van der Waals surface area contributed by atoms with Crippen molar-refractivity contribution in [3.05, 3.63) is 65.4 Å². The number of carbonyl (C=O) groups excluding carboxylic acids is 3. The minimum atomic E-state index is -0.327. The molecule has 1 saturated carbocycles. The van der Waals surface area contributed by atoms with Crippen molar-refractivity contribution in [2.75, 3.05) is 5.32 Å². The maximum absolute atomic E-state index is 13.0. The molecule has 0 spiro atoms. The van der Waals surface area contributed by atoms with Gasteiger partial charge in [-0.25, -0.2) is 0 Å². The van der Waals surface area contributed by atoms with Crippen LogP contribution in [0.15, 0.2) is 48.7 Å². The SMILES string of the molecule is O=C(Nc1ccc(-c2cnns2)cc1)c1ccc2c(c1)C(=O)N(C1CCCCC1)C2=O. The minimum Gasteiger partial charge on any atom is -0.322 e. The minimum absolute atomic E-state index is 0.0364. The third-order valence-electron chi connectivity index (χ3n) is 5.91. The quantitative estimate of drug-likeness (QED) is 0.618. The zero-order chi connectivity index (χ0) is 21.4. The first-order chi connectivity index (χ1) is 15.1. The van der Waals surface area contributed by atoms with Gasteiger partial charge in [-0.1, -0.05) is 35.9 Å². The lowest BCUT2D eigenvalue weighted by Crippen LogP contribution is -2.40. The van der Waals surface area contributed by atoms with Gasteiger partial charge in [-0.15, -0.1) is 5.10 Å². The summed E-state index contributed by atoms with van der Waals surface area (Å²) in [5, 5.41) is 6.67. The van der Waals surface area contributed by atoms with Gasteiger partial charge in [-0.3, -0.25) is 19.3 Å². The summed E-state index contributed by atoms with van der Waals surface area (Å²) in [6.07, 6.45) is 6.61. The lowest BCUT2D eigenvalue weighted by atomic mass is 9.94. The number of hydrogen-bond acceptors (Lipinski definition) is 6. The van der Waals surface area contributed by atoms with E-state index in [9.17, 15) is 14.4 Å². The van der Waals surface area contributed by atoms with Crippen LogP contribution >= 0.6 is 11.5 Å². The van der Waals surface area contributed by atoms with Crippen LogP contribution in [0.3, 0.4) is 0 Å². The van der Waals surface area contributed by atoms with Crippen molar-refractivity contribution in [1.29, 1.82) is 0 Å². The van der Waals surface area contributed by atoms with Crippen LogP contribution in [0.2, 0.25) is 0 Å². The van der Waals surface area contributed by atoms with Crippen molar-refractivity contribution in [1.82, 2.24) is 14.5 Å². The molecule has 156 valence electrons. The number of hydrogen-bond donors (Lipinski definition) is 1. The number of nitrogens with zero attached hydrogens (tertiary/aromatic N) is 3. The zero-order valence-corrected chi connectivity index (χ0v) is 17.5. The van der Waals surface area contributed by atoms with Gasteiger partial charge in [0, 0.05) is 17.3 Å². The largest absolute Gasteiger partial charge is 0.322 e. The fraction of sp³-hybridized carbons (Fsp3) is 0.261. The molecule has 2 heterocycles. The van der Waals surface area contributed by atoms with Crippen LogP contribution in [0, 0.1) is 0 Å². The molecule has 3 aromatic rings. The van der Waals surface area contributed by atoms with Crippen molar-refractivity contribution in [2.24, 2.45) is 0 Å². The highest BCUT2D eigenvalue weighted by Gasteiger charge is 2.40. The molecule has 2 aliphatic rings. The van der Waals surface area contributed by atoms with Crippen LogP contribution < -0.4 is 5.32 Å². The molecule has 1 N–H and O–H groups in total. The lowest BCUT2D eigenvalue weighted by molar-refractivity contribution is 0.0549. The van der Waals surface area contributed by atoms with E-state index >= 15 is 0 Å². The van der Waals surface area contributed by atoms with E-state index in [1.165, 1.54) is 22.5 Å². The van der Waals surface area contributed by atoms with Crippen LogP contribution in [0.5, 0.6) is 0 Å². The Morgan fingerprint density at radius 3 is 2.42 bits per heavy atom. The molecule has 3 amide bonds. The van der Waals surface area contributed by atoms with E-state index < -0.39 is 0 Å². The molecule has 2 aromatic carbocycles. The van der Waals surface area contributed by atoms with Crippen molar-refractivity contribution in [2.45, 2.75) is 38.1 Å². The highest BCUT2D eigenvalue weighted by atomic mass is 32.1. The monoisotopic (exact) mass is 432 g/mol. The Morgan fingerprint density at radius 2 is 1.71 bits per heavy atom. The molecule has 0 bridgehead atoms. The average Bonchev–Trinajstić information content (AvgIpc) is 3.42. The Morgan fingerprint density at radius 1 is 0.968 bits per heavy atom. The summed E-state index contributed by atoms with van der Waals surface area (Å²) in [5.74, 6) is -0.859. The summed E-state index contributed by atoms with van der Waals surface area (Å²) in [5.41, 5.74) is 2.66. The van der Waals surface area contributed by atoms with Crippen LogP contribution in [0.25, 0.3) is 10.4 Å². The fourth-order valence-corrected chi connectivity index (χ4v) is 4.81. The molecule has 0 saturated heterocycles. The van der Waals surface area contributed by atoms with Crippen LogP contribution in [-0.2, 0) is 0 Å². The summed E-state index contributed by atoms with van der Waals surface area (Å²) in [7, 11) is 0. The van der Waals surface area contributed by atoms with Crippen LogP contribution in [-0.4, -0.2) is 38.3 Å². The normalized spacial score (nSPS) is 16.5.